The first kappa shape index (κ1) is 92.1. The second kappa shape index (κ2) is 64.4. The van der Waals surface area contributed by atoms with E-state index in [1.165, 1.54) is 180 Å². The number of unbranched alkanes of at least 4 members (excludes halogenated alkanes) is 37. The Bertz CT molecular complexity index is 1850. The van der Waals surface area contributed by atoms with Crippen LogP contribution in [0.25, 0.3) is 0 Å². The third-order valence-electron chi connectivity index (χ3n) is 17.7. The van der Waals surface area contributed by atoms with Crippen molar-refractivity contribution < 1.29 is 80.2 Å². The van der Waals surface area contributed by atoms with Crippen LogP contribution in [0.15, 0.2) is 0 Å². The molecule has 0 aliphatic rings. The summed E-state index contributed by atoms with van der Waals surface area (Å²) in [4.78, 5) is 72.8. The monoisotopic (exact) mass is 1380 g/mol. The number of hydrogen-bond donors (Lipinski definition) is 3. The lowest BCUT2D eigenvalue weighted by atomic mass is 9.99. The Labute approximate surface area is 575 Å². The summed E-state index contributed by atoms with van der Waals surface area (Å²) in [5.74, 6) is 0.946. The van der Waals surface area contributed by atoms with Crippen LogP contribution in [0, 0.1) is 23.7 Å². The number of carbonyl (C=O) groups is 4. The van der Waals surface area contributed by atoms with E-state index in [2.05, 4.69) is 55.4 Å². The summed E-state index contributed by atoms with van der Waals surface area (Å²) in [6.07, 6.45) is 48.5. The minimum absolute atomic E-state index is 0.105. The molecule has 0 aromatic carbocycles. The molecule has 0 aromatic heterocycles. The Morgan fingerprint density at radius 3 is 0.755 bits per heavy atom. The van der Waals surface area contributed by atoms with Crippen LogP contribution >= 0.6 is 15.6 Å². The zero-order valence-corrected chi connectivity index (χ0v) is 63.4. The number of esters is 4. The topological polar surface area (TPSA) is 237 Å². The Morgan fingerprint density at radius 2 is 0.511 bits per heavy atom. The second-order valence-electron chi connectivity index (χ2n) is 28.7. The normalized spacial score (nSPS) is 14.4. The Hall–Kier alpha value is -1.94. The smallest absolute Gasteiger partial charge is 0.462 e. The van der Waals surface area contributed by atoms with E-state index in [-0.39, 0.29) is 25.7 Å². The van der Waals surface area contributed by atoms with E-state index in [1.807, 2.05) is 0 Å². The van der Waals surface area contributed by atoms with Gasteiger partial charge in [0.05, 0.1) is 26.4 Å². The van der Waals surface area contributed by atoms with Gasteiger partial charge in [0.1, 0.15) is 19.3 Å². The van der Waals surface area contributed by atoms with Gasteiger partial charge < -0.3 is 33.8 Å². The maximum atomic E-state index is 13.1. The number of phosphoric acid groups is 2. The Morgan fingerprint density at radius 1 is 0.298 bits per heavy atom. The molecular formula is C75H146O17P2. The standard InChI is InChI=1S/C75H146O17P2/c1-9-68(8)54-46-38-30-21-16-17-23-34-42-50-58-75(80)92-71(62-86-73(78)56-48-40-32-26-25-29-37-45-53-67(6)7)64-90-94(83,84)88-60-69(76)59-87-93(81,82)89-63-70(61-85-72(77)55-47-39-31-24-18-20-28-36-44-52-66(4)5)91-74(79)57-49-41-33-22-15-13-11-10-12-14-19-27-35-43-51-65(2)3/h65-71,76H,9-64H2,1-8H3,(H,81,82)(H,83,84)/t68?,69?,70-,71-/m1/s1. The molecule has 0 fully saturated rings. The highest BCUT2D eigenvalue weighted by Crippen LogP contribution is 2.45. The van der Waals surface area contributed by atoms with Crippen LogP contribution in [0.1, 0.15) is 376 Å². The predicted molar refractivity (Wildman–Crippen MR) is 381 cm³/mol. The Balaban J connectivity index is 5.26. The van der Waals surface area contributed by atoms with Crippen molar-refractivity contribution in [1.29, 1.82) is 0 Å². The van der Waals surface area contributed by atoms with Crippen LogP contribution in [0.5, 0.6) is 0 Å². The highest BCUT2D eigenvalue weighted by atomic mass is 31.2. The van der Waals surface area contributed by atoms with Crippen molar-refractivity contribution in [3.05, 3.63) is 0 Å². The zero-order valence-electron chi connectivity index (χ0n) is 61.6. The summed E-state index contributed by atoms with van der Waals surface area (Å²) in [6.45, 7) is 14.2. The van der Waals surface area contributed by atoms with Gasteiger partial charge in [-0.15, -0.1) is 0 Å². The first-order valence-electron chi connectivity index (χ1n) is 38.7. The summed E-state index contributed by atoms with van der Waals surface area (Å²) in [5.41, 5.74) is 0. The zero-order chi connectivity index (χ0) is 69.6. The Kier molecular flexibility index (Phi) is 63.1. The summed E-state index contributed by atoms with van der Waals surface area (Å²) < 4.78 is 68.5. The molecule has 94 heavy (non-hydrogen) atoms. The molecule has 0 rings (SSSR count). The van der Waals surface area contributed by atoms with Crippen LogP contribution in [0.2, 0.25) is 0 Å². The van der Waals surface area contributed by atoms with Crippen LogP contribution in [-0.2, 0) is 65.4 Å². The average Bonchev–Trinajstić information content (AvgIpc) is 1.93. The lowest BCUT2D eigenvalue weighted by Gasteiger charge is -2.21. The van der Waals surface area contributed by atoms with Gasteiger partial charge in [0, 0.05) is 25.7 Å². The van der Waals surface area contributed by atoms with Gasteiger partial charge in [0.2, 0.25) is 0 Å². The minimum atomic E-state index is -4.96. The highest BCUT2D eigenvalue weighted by Gasteiger charge is 2.30. The van der Waals surface area contributed by atoms with E-state index < -0.39 is 97.5 Å². The van der Waals surface area contributed by atoms with Gasteiger partial charge in [0.15, 0.2) is 12.2 Å². The minimum Gasteiger partial charge on any atom is -0.462 e. The molecule has 0 spiro atoms. The van der Waals surface area contributed by atoms with Crippen molar-refractivity contribution in [1.82, 2.24) is 0 Å². The van der Waals surface area contributed by atoms with Crippen LogP contribution in [0.4, 0.5) is 0 Å². The van der Waals surface area contributed by atoms with E-state index in [9.17, 15) is 43.2 Å². The third-order valence-corrected chi connectivity index (χ3v) is 19.6. The molecule has 17 nitrogen and oxygen atoms in total. The van der Waals surface area contributed by atoms with Gasteiger partial charge in [-0.2, -0.15) is 0 Å². The van der Waals surface area contributed by atoms with E-state index in [0.29, 0.717) is 25.7 Å². The van der Waals surface area contributed by atoms with E-state index in [4.69, 9.17) is 37.0 Å². The molecule has 3 N–H and O–H groups in total. The molecule has 0 aliphatic carbocycles. The van der Waals surface area contributed by atoms with E-state index in [1.54, 1.807) is 0 Å². The summed E-state index contributed by atoms with van der Waals surface area (Å²) in [6, 6.07) is 0. The molecule has 0 aromatic rings. The molecule has 0 aliphatic heterocycles. The molecule has 0 heterocycles. The van der Waals surface area contributed by atoms with Crippen LogP contribution < -0.4 is 0 Å². The fraction of sp³-hybridized carbons (Fsp3) is 0.947. The van der Waals surface area contributed by atoms with Crippen molar-refractivity contribution >= 4 is 39.5 Å². The largest absolute Gasteiger partial charge is 0.472 e. The van der Waals surface area contributed by atoms with Gasteiger partial charge in [0.25, 0.3) is 0 Å². The maximum Gasteiger partial charge on any atom is 0.472 e. The predicted octanol–water partition coefficient (Wildman–Crippen LogP) is 21.7. The van der Waals surface area contributed by atoms with E-state index in [0.717, 1.165) is 114 Å². The lowest BCUT2D eigenvalue weighted by Crippen LogP contribution is -2.30. The molecule has 0 bridgehead atoms. The van der Waals surface area contributed by atoms with Crippen molar-refractivity contribution in [3.8, 4) is 0 Å². The molecule has 558 valence electrons. The van der Waals surface area contributed by atoms with Gasteiger partial charge >= 0.3 is 39.5 Å². The van der Waals surface area contributed by atoms with Gasteiger partial charge in [-0.3, -0.25) is 37.3 Å². The van der Waals surface area contributed by atoms with Crippen LogP contribution in [-0.4, -0.2) is 96.7 Å². The molecule has 0 radical (unpaired) electrons. The van der Waals surface area contributed by atoms with Crippen molar-refractivity contribution in [2.45, 2.75) is 395 Å². The molecule has 0 saturated carbocycles. The second-order valence-corrected chi connectivity index (χ2v) is 31.6. The molecular weight excluding hydrogens is 1230 g/mol. The summed E-state index contributed by atoms with van der Waals surface area (Å²) >= 11 is 0. The third kappa shape index (κ3) is 67.3. The fourth-order valence-corrected chi connectivity index (χ4v) is 12.9. The highest BCUT2D eigenvalue weighted by molar-refractivity contribution is 7.47. The molecule has 0 saturated heterocycles. The number of carbonyl (C=O) groups excluding carboxylic acids is 4. The number of phosphoric ester groups is 2. The lowest BCUT2D eigenvalue weighted by molar-refractivity contribution is -0.161. The SMILES string of the molecule is CCC(C)CCCCCCCCCCCCC(=O)O[C@H](COC(=O)CCCCCCCCCCC(C)C)COP(=O)(O)OCC(O)COP(=O)(O)OC[C@@H](COC(=O)CCCCCCCCCCCC(C)C)OC(=O)CCCCCCCCCCCCCCCCC(C)C. The number of ether oxygens (including phenoxy) is 4. The molecule has 4 unspecified atom stereocenters. The average molecular weight is 1380 g/mol. The van der Waals surface area contributed by atoms with Crippen molar-refractivity contribution in [3.63, 3.8) is 0 Å². The van der Waals surface area contributed by atoms with Crippen molar-refractivity contribution in [2.24, 2.45) is 23.7 Å². The fourth-order valence-electron chi connectivity index (χ4n) is 11.3. The van der Waals surface area contributed by atoms with Gasteiger partial charge in [-0.25, -0.2) is 9.13 Å². The molecule has 6 atom stereocenters. The van der Waals surface area contributed by atoms with E-state index >= 15 is 0 Å². The van der Waals surface area contributed by atoms with Gasteiger partial charge in [-0.1, -0.05) is 325 Å². The molecule has 19 heteroatoms. The molecule has 0 amide bonds. The number of rotatable bonds is 72. The first-order chi connectivity index (χ1) is 45.1. The number of aliphatic hydroxyl groups is 1. The van der Waals surface area contributed by atoms with Gasteiger partial charge in [-0.05, 0) is 49.4 Å². The first-order valence-corrected chi connectivity index (χ1v) is 41.7. The quantitative estimate of drug-likeness (QED) is 0.0222. The summed E-state index contributed by atoms with van der Waals surface area (Å²) in [7, 11) is -9.91. The number of hydrogen-bond acceptors (Lipinski definition) is 15. The maximum absolute atomic E-state index is 13.1. The summed E-state index contributed by atoms with van der Waals surface area (Å²) in [5, 5.41) is 10.6. The van der Waals surface area contributed by atoms with Crippen molar-refractivity contribution in [2.75, 3.05) is 39.6 Å². The number of aliphatic hydroxyl groups excluding tert-OH is 1. The van der Waals surface area contributed by atoms with Crippen LogP contribution in [0.3, 0.4) is 0 Å².